The quantitative estimate of drug-likeness (QED) is 0.823. The van der Waals surface area contributed by atoms with Gasteiger partial charge in [-0.2, -0.15) is 5.10 Å². The van der Waals surface area contributed by atoms with Crippen LogP contribution in [0.2, 0.25) is 0 Å². The minimum atomic E-state index is -0.573. The number of hydrogen-bond acceptors (Lipinski definition) is 4. The molecule has 0 fully saturated rings. The van der Waals surface area contributed by atoms with Gasteiger partial charge < -0.3 is 15.2 Å². The Labute approximate surface area is 123 Å². The van der Waals surface area contributed by atoms with Crippen LogP contribution in [0.5, 0.6) is 5.75 Å². The molecule has 1 heterocycles. The van der Waals surface area contributed by atoms with Gasteiger partial charge >= 0.3 is 0 Å². The van der Waals surface area contributed by atoms with E-state index in [0.29, 0.717) is 5.75 Å². The number of aromatic nitrogens is 2. The normalized spacial score (nSPS) is 12.0. The second-order valence-electron chi connectivity index (χ2n) is 4.80. The molecule has 111 valence electrons. The third-order valence-electron chi connectivity index (χ3n) is 2.76. The van der Waals surface area contributed by atoms with Crippen molar-refractivity contribution in [1.29, 1.82) is 0 Å². The van der Waals surface area contributed by atoms with E-state index in [9.17, 15) is 4.79 Å². The van der Waals surface area contributed by atoms with Crippen molar-refractivity contribution in [3.8, 4) is 16.9 Å². The maximum absolute atomic E-state index is 11.5. The second-order valence-corrected chi connectivity index (χ2v) is 4.80. The van der Waals surface area contributed by atoms with Crippen LogP contribution in [-0.4, -0.2) is 40.0 Å². The first-order valence-corrected chi connectivity index (χ1v) is 6.62. The summed E-state index contributed by atoms with van der Waals surface area (Å²) in [6, 6.07) is 8.31. The minimum Gasteiger partial charge on any atom is -0.484 e. The van der Waals surface area contributed by atoms with Crippen LogP contribution >= 0.6 is 0 Å². The zero-order valence-electron chi connectivity index (χ0n) is 12.0. The van der Waals surface area contributed by atoms with Gasteiger partial charge in [-0.15, -0.1) is 0 Å². The lowest BCUT2D eigenvalue weighted by Crippen LogP contribution is -2.34. The summed E-state index contributed by atoms with van der Waals surface area (Å²) in [6.07, 6.45) is 3.07. The summed E-state index contributed by atoms with van der Waals surface area (Å²) in [5.74, 6) is 0.284. The molecule has 0 aliphatic rings. The molecule has 0 spiro atoms. The average Bonchev–Trinajstić information content (AvgIpc) is 2.90. The number of aryl methyl sites for hydroxylation is 1. The Bertz CT molecular complexity index is 608. The van der Waals surface area contributed by atoms with E-state index in [1.54, 1.807) is 23.9 Å². The molecule has 6 nitrogen and oxygen atoms in total. The van der Waals surface area contributed by atoms with Gasteiger partial charge in [-0.1, -0.05) is 0 Å². The molecule has 1 aromatic heterocycles. The van der Waals surface area contributed by atoms with Gasteiger partial charge in [-0.25, -0.2) is 0 Å². The molecule has 0 aliphatic heterocycles. The molecule has 0 bridgehead atoms. The Morgan fingerprint density at radius 3 is 3.00 bits per heavy atom. The summed E-state index contributed by atoms with van der Waals surface area (Å²) in [4.78, 5) is 11.5. The van der Waals surface area contributed by atoms with Crippen LogP contribution in [0, 0.1) is 6.07 Å². The fourth-order valence-corrected chi connectivity index (χ4v) is 1.73. The first-order chi connectivity index (χ1) is 10.0. The van der Waals surface area contributed by atoms with Crippen molar-refractivity contribution >= 4 is 5.91 Å². The van der Waals surface area contributed by atoms with E-state index in [0.717, 1.165) is 11.1 Å². The molecule has 1 amide bonds. The standard InChI is InChI=1S/C15H18N3O3/c1-11(19)7-16-15(20)10-21-14-5-3-4-12(6-14)13-8-17-18(2)9-13/h4-6,8-9,11,19H,7,10H2,1-2H3,(H,16,20). The second kappa shape index (κ2) is 6.90. The van der Waals surface area contributed by atoms with Gasteiger partial charge in [0.25, 0.3) is 5.91 Å². The number of nitrogens with one attached hydrogen (secondary N) is 1. The van der Waals surface area contributed by atoms with E-state index in [1.165, 1.54) is 0 Å². The van der Waals surface area contributed by atoms with Gasteiger partial charge in [-0.3, -0.25) is 9.48 Å². The van der Waals surface area contributed by atoms with Crippen molar-refractivity contribution in [2.45, 2.75) is 13.0 Å². The average molecular weight is 288 g/mol. The summed E-state index contributed by atoms with van der Waals surface area (Å²) in [5, 5.41) is 15.8. The van der Waals surface area contributed by atoms with Crippen molar-refractivity contribution in [1.82, 2.24) is 15.1 Å². The van der Waals surface area contributed by atoms with Crippen molar-refractivity contribution in [3.05, 3.63) is 36.7 Å². The van der Waals surface area contributed by atoms with Crippen molar-refractivity contribution in [2.75, 3.05) is 13.2 Å². The summed E-state index contributed by atoms with van der Waals surface area (Å²) in [6.45, 7) is 1.72. The molecule has 21 heavy (non-hydrogen) atoms. The number of ether oxygens (including phenoxy) is 1. The number of carbonyl (C=O) groups is 1. The highest BCUT2D eigenvalue weighted by Gasteiger charge is 2.06. The minimum absolute atomic E-state index is 0.100. The summed E-state index contributed by atoms with van der Waals surface area (Å²) < 4.78 is 7.13. The van der Waals surface area contributed by atoms with Gasteiger partial charge in [0.05, 0.1) is 12.3 Å². The van der Waals surface area contributed by atoms with Crippen LogP contribution in [0.4, 0.5) is 0 Å². The smallest absolute Gasteiger partial charge is 0.258 e. The first-order valence-electron chi connectivity index (χ1n) is 6.62. The van der Waals surface area contributed by atoms with Gasteiger partial charge in [0.1, 0.15) is 5.75 Å². The monoisotopic (exact) mass is 288 g/mol. The highest BCUT2D eigenvalue weighted by molar-refractivity contribution is 5.77. The molecule has 0 saturated heterocycles. The van der Waals surface area contributed by atoms with Gasteiger partial charge in [-0.05, 0) is 36.8 Å². The SMILES string of the molecule is CC(O)CNC(=O)COc1c[c]cc(-c2cnn(C)c2)c1. The van der Waals surface area contributed by atoms with Crippen LogP contribution in [0.15, 0.2) is 30.6 Å². The lowest BCUT2D eigenvalue weighted by molar-refractivity contribution is -0.123. The molecular weight excluding hydrogens is 270 g/mol. The number of hydrogen-bond donors (Lipinski definition) is 2. The molecule has 1 radical (unpaired) electrons. The van der Waals surface area contributed by atoms with Crippen LogP contribution in [-0.2, 0) is 11.8 Å². The number of nitrogens with zero attached hydrogens (tertiary/aromatic N) is 2. The molecule has 2 rings (SSSR count). The van der Waals surface area contributed by atoms with Gasteiger partial charge in [0, 0.05) is 25.4 Å². The molecule has 2 N–H and O–H groups in total. The van der Waals surface area contributed by atoms with Gasteiger partial charge in [0.15, 0.2) is 6.61 Å². The zero-order chi connectivity index (χ0) is 15.2. The Morgan fingerprint density at radius 2 is 2.33 bits per heavy atom. The maximum Gasteiger partial charge on any atom is 0.258 e. The number of rotatable bonds is 6. The number of amides is 1. The van der Waals surface area contributed by atoms with E-state index < -0.39 is 6.10 Å². The highest BCUT2D eigenvalue weighted by Crippen LogP contribution is 2.22. The number of aliphatic hydroxyl groups excluding tert-OH is 1. The first kappa shape index (κ1) is 15.1. The summed E-state index contributed by atoms with van der Waals surface area (Å²) in [5.41, 5.74) is 1.88. The van der Waals surface area contributed by atoms with Crippen molar-refractivity contribution in [2.24, 2.45) is 7.05 Å². The van der Waals surface area contributed by atoms with Crippen LogP contribution in [0.1, 0.15) is 6.92 Å². The van der Waals surface area contributed by atoms with Crippen molar-refractivity contribution < 1.29 is 14.6 Å². The lowest BCUT2D eigenvalue weighted by atomic mass is 10.1. The number of benzene rings is 1. The molecule has 0 aliphatic carbocycles. The Balaban J connectivity index is 1.94. The fraction of sp³-hybridized carbons (Fsp3) is 0.333. The Morgan fingerprint density at radius 1 is 1.52 bits per heavy atom. The van der Waals surface area contributed by atoms with E-state index >= 15 is 0 Å². The van der Waals surface area contributed by atoms with Crippen LogP contribution < -0.4 is 10.1 Å². The van der Waals surface area contributed by atoms with Crippen LogP contribution in [0.3, 0.4) is 0 Å². The fourth-order valence-electron chi connectivity index (χ4n) is 1.73. The topological polar surface area (TPSA) is 76.4 Å². The van der Waals surface area contributed by atoms with Gasteiger partial charge in [0.2, 0.25) is 0 Å². The summed E-state index contributed by atoms with van der Waals surface area (Å²) >= 11 is 0. The molecule has 0 saturated carbocycles. The summed E-state index contributed by atoms with van der Waals surface area (Å²) in [7, 11) is 1.85. The third-order valence-corrected chi connectivity index (χ3v) is 2.76. The highest BCUT2D eigenvalue weighted by atomic mass is 16.5. The maximum atomic E-state index is 11.5. The molecule has 1 atom stereocenters. The molecule has 6 heteroatoms. The Hall–Kier alpha value is -2.34. The number of carbonyl (C=O) groups excluding carboxylic acids is 1. The molecule has 2 aromatic rings. The largest absolute Gasteiger partial charge is 0.484 e. The number of aliphatic hydroxyl groups is 1. The lowest BCUT2D eigenvalue weighted by Gasteiger charge is -2.09. The van der Waals surface area contributed by atoms with E-state index in [-0.39, 0.29) is 19.1 Å². The van der Waals surface area contributed by atoms with Crippen LogP contribution in [0.25, 0.3) is 11.1 Å². The van der Waals surface area contributed by atoms with E-state index in [1.807, 2.05) is 25.4 Å². The third kappa shape index (κ3) is 4.61. The molecule has 1 aromatic carbocycles. The predicted molar refractivity (Wildman–Crippen MR) is 77.7 cm³/mol. The predicted octanol–water partition coefficient (Wildman–Crippen LogP) is 0.763. The van der Waals surface area contributed by atoms with Crippen molar-refractivity contribution in [3.63, 3.8) is 0 Å². The molecule has 1 unspecified atom stereocenters. The molecular formula is C15H18N3O3. The zero-order valence-corrected chi connectivity index (χ0v) is 12.0. The Kier molecular flexibility index (Phi) is 4.94. The van der Waals surface area contributed by atoms with E-state index in [2.05, 4.69) is 16.5 Å². The van der Waals surface area contributed by atoms with E-state index in [4.69, 9.17) is 9.84 Å².